The monoisotopic (exact) mass is 228 g/mol. The van der Waals surface area contributed by atoms with Crippen LogP contribution in [0.1, 0.15) is 53.4 Å². The van der Waals surface area contributed by atoms with Crippen LogP contribution >= 0.6 is 0 Å². The van der Waals surface area contributed by atoms with Crippen LogP contribution in [0.25, 0.3) is 0 Å². The van der Waals surface area contributed by atoms with Crippen LogP contribution in [0.2, 0.25) is 0 Å². The summed E-state index contributed by atoms with van der Waals surface area (Å²) in [4.78, 5) is 2.46. The molecule has 0 bridgehead atoms. The summed E-state index contributed by atoms with van der Waals surface area (Å²) in [6.45, 7) is 12.8. The Morgan fingerprint density at radius 2 is 1.75 bits per heavy atom. The van der Waals surface area contributed by atoms with E-state index in [9.17, 15) is 0 Å². The minimum atomic E-state index is 0.679. The molecule has 2 nitrogen and oxygen atoms in total. The summed E-state index contributed by atoms with van der Waals surface area (Å²) in [5.74, 6) is 0.826. The lowest BCUT2D eigenvalue weighted by Gasteiger charge is -2.19. The zero-order valence-electron chi connectivity index (χ0n) is 12.1. The summed E-state index contributed by atoms with van der Waals surface area (Å²) in [7, 11) is 2.24. The molecule has 0 aliphatic heterocycles. The Balaban J connectivity index is 3.35. The molecule has 0 fully saturated rings. The molecule has 0 aliphatic rings. The van der Waals surface area contributed by atoms with Gasteiger partial charge in [0.05, 0.1) is 0 Å². The predicted octanol–water partition coefficient (Wildman–Crippen LogP) is 3.13. The quantitative estimate of drug-likeness (QED) is 0.618. The van der Waals surface area contributed by atoms with Crippen molar-refractivity contribution in [1.29, 1.82) is 0 Å². The molecule has 0 radical (unpaired) electrons. The van der Waals surface area contributed by atoms with Gasteiger partial charge in [0.15, 0.2) is 0 Å². The molecule has 2 heteroatoms. The predicted molar refractivity (Wildman–Crippen MR) is 73.9 cm³/mol. The minimum absolute atomic E-state index is 0.679. The fourth-order valence-corrected chi connectivity index (χ4v) is 1.75. The molecule has 0 saturated carbocycles. The van der Waals surface area contributed by atoms with Gasteiger partial charge in [0.25, 0.3) is 0 Å². The number of rotatable bonds is 10. The highest BCUT2D eigenvalue weighted by molar-refractivity contribution is 4.62. The average Bonchev–Trinajstić information content (AvgIpc) is 2.23. The summed E-state index contributed by atoms with van der Waals surface area (Å²) >= 11 is 0. The first-order chi connectivity index (χ1) is 7.56. The smallest absolute Gasteiger partial charge is 0.00391 e. The first-order valence-corrected chi connectivity index (χ1v) is 6.98. The zero-order valence-corrected chi connectivity index (χ0v) is 12.1. The van der Waals surface area contributed by atoms with Gasteiger partial charge in [-0.3, -0.25) is 0 Å². The third-order valence-electron chi connectivity index (χ3n) is 3.01. The molecule has 0 amide bonds. The van der Waals surface area contributed by atoms with E-state index in [0.717, 1.165) is 12.5 Å². The van der Waals surface area contributed by atoms with Crippen LogP contribution in [0.3, 0.4) is 0 Å². The van der Waals surface area contributed by atoms with E-state index in [2.05, 4.69) is 45.0 Å². The van der Waals surface area contributed by atoms with Gasteiger partial charge < -0.3 is 10.2 Å². The molecule has 1 unspecified atom stereocenters. The first-order valence-electron chi connectivity index (χ1n) is 6.98. The fourth-order valence-electron chi connectivity index (χ4n) is 1.75. The Labute approximate surface area is 103 Å². The van der Waals surface area contributed by atoms with Crippen molar-refractivity contribution in [3.8, 4) is 0 Å². The third kappa shape index (κ3) is 10.4. The molecule has 0 spiro atoms. The summed E-state index contributed by atoms with van der Waals surface area (Å²) in [5, 5.41) is 3.54. The van der Waals surface area contributed by atoms with Crippen molar-refractivity contribution >= 4 is 0 Å². The van der Waals surface area contributed by atoms with Crippen LogP contribution in [0.5, 0.6) is 0 Å². The molecule has 1 atom stereocenters. The summed E-state index contributed by atoms with van der Waals surface area (Å²) in [6.07, 6.45) is 5.16. The summed E-state index contributed by atoms with van der Waals surface area (Å²) in [5.41, 5.74) is 0. The zero-order chi connectivity index (χ0) is 12.4. The van der Waals surface area contributed by atoms with Crippen molar-refractivity contribution in [2.75, 3.05) is 26.7 Å². The maximum atomic E-state index is 3.54. The Morgan fingerprint density at radius 3 is 2.31 bits per heavy atom. The van der Waals surface area contributed by atoms with E-state index in [1.165, 1.54) is 38.8 Å². The molecule has 98 valence electrons. The maximum Gasteiger partial charge on any atom is 0.00391 e. The van der Waals surface area contributed by atoms with E-state index in [-0.39, 0.29) is 0 Å². The number of hydrogen-bond donors (Lipinski definition) is 1. The summed E-state index contributed by atoms with van der Waals surface area (Å²) in [6, 6.07) is 0.679. The SMILES string of the molecule is CCCNC(C)CCCN(C)CCC(C)C. The van der Waals surface area contributed by atoms with Gasteiger partial charge >= 0.3 is 0 Å². The summed E-state index contributed by atoms with van der Waals surface area (Å²) < 4.78 is 0. The highest BCUT2D eigenvalue weighted by atomic mass is 15.1. The fraction of sp³-hybridized carbons (Fsp3) is 1.00. The molecule has 0 aliphatic carbocycles. The maximum absolute atomic E-state index is 3.54. The standard InChI is InChI=1S/C14H32N2/c1-6-10-15-14(4)8-7-11-16(5)12-9-13(2)3/h13-15H,6-12H2,1-5H3. The van der Waals surface area contributed by atoms with Gasteiger partial charge in [0.1, 0.15) is 0 Å². The van der Waals surface area contributed by atoms with Crippen molar-refractivity contribution in [2.45, 2.75) is 59.4 Å². The molecule has 0 aromatic carbocycles. The van der Waals surface area contributed by atoms with E-state index in [1.807, 2.05) is 0 Å². The van der Waals surface area contributed by atoms with Gasteiger partial charge in [-0.25, -0.2) is 0 Å². The molecular formula is C14H32N2. The largest absolute Gasteiger partial charge is 0.314 e. The molecule has 0 aromatic rings. The van der Waals surface area contributed by atoms with Crippen molar-refractivity contribution in [3.63, 3.8) is 0 Å². The Hall–Kier alpha value is -0.0800. The Kier molecular flexibility index (Phi) is 10.0. The second-order valence-electron chi connectivity index (χ2n) is 5.48. The van der Waals surface area contributed by atoms with Crippen molar-refractivity contribution in [3.05, 3.63) is 0 Å². The van der Waals surface area contributed by atoms with Crippen LogP contribution < -0.4 is 5.32 Å². The van der Waals surface area contributed by atoms with Gasteiger partial charge in [-0.2, -0.15) is 0 Å². The van der Waals surface area contributed by atoms with E-state index in [0.29, 0.717) is 6.04 Å². The topological polar surface area (TPSA) is 15.3 Å². The number of nitrogens with one attached hydrogen (secondary N) is 1. The Morgan fingerprint density at radius 1 is 1.06 bits per heavy atom. The minimum Gasteiger partial charge on any atom is -0.314 e. The second kappa shape index (κ2) is 10.1. The molecule has 0 heterocycles. The van der Waals surface area contributed by atoms with Crippen LogP contribution in [0.15, 0.2) is 0 Å². The van der Waals surface area contributed by atoms with Gasteiger partial charge in [-0.1, -0.05) is 20.8 Å². The van der Waals surface area contributed by atoms with Crippen LogP contribution in [0.4, 0.5) is 0 Å². The van der Waals surface area contributed by atoms with E-state index in [1.54, 1.807) is 0 Å². The van der Waals surface area contributed by atoms with Crippen LogP contribution in [-0.4, -0.2) is 37.6 Å². The van der Waals surface area contributed by atoms with Gasteiger partial charge in [-0.15, -0.1) is 0 Å². The normalized spacial score (nSPS) is 13.7. The first kappa shape index (κ1) is 15.9. The van der Waals surface area contributed by atoms with Gasteiger partial charge in [-0.05, 0) is 65.2 Å². The number of nitrogens with zero attached hydrogens (tertiary/aromatic N) is 1. The van der Waals surface area contributed by atoms with E-state index in [4.69, 9.17) is 0 Å². The lowest BCUT2D eigenvalue weighted by atomic mass is 10.1. The highest BCUT2D eigenvalue weighted by Crippen LogP contribution is 2.03. The molecule has 16 heavy (non-hydrogen) atoms. The molecule has 1 N–H and O–H groups in total. The van der Waals surface area contributed by atoms with Gasteiger partial charge in [0.2, 0.25) is 0 Å². The third-order valence-corrected chi connectivity index (χ3v) is 3.01. The van der Waals surface area contributed by atoms with Gasteiger partial charge in [0, 0.05) is 6.04 Å². The second-order valence-corrected chi connectivity index (χ2v) is 5.48. The lowest BCUT2D eigenvalue weighted by molar-refractivity contribution is 0.298. The molecular weight excluding hydrogens is 196 g/mol. The van der Waals surface area contributed by atoms with Crippen molar-refractivity contribution in [1.82, 2.24) is 10.2 Å². The van der Waals surface area contributed by atoms with Crippen molar-refractivity contribution in [2.24, 2.45) is 5.92 Å². The average molecular weight is 228 g/mol. The van der Waals surface area contributed by atoms with Crippen LogP contribution in [0, 0.1) is 5.92 Å². The molecule has 0 rings (SSSR count). The molecule has 0 saturated heterocycles. The lowest BCUT2D eigenvalue weighted by Crippen LogP contribution is -2.28. The highest BCUT2D eigenvalue weighted by Gasteiger charge is 2.03. The van der Waals surface area contributed by atoms with E-state index >= 15 is 0 Å². The Bertz CT molecular complexity index is 146. The van der Waals surface area contributed by atoms with Crippen LogP contribution in [-0.2, 0) is 0 Å². The van der Waals surface area contributed by atoms with E-state index < -0.39 is 0 Å². The number of hydrogen-bond acceptors (Lipinski definition) is 2. The van der Waals surface area contributed by atoms with Crippen molar-refractivity contribution < 1.29 is 0 Å². The molecule has 0 aromatic heterocycles.